The van der Waals surface area contributed by atoms with E-state index in [1.807, 2.05) is 0 Å². The summed E-state index contributed by atoms with van der Waals surface area (Å²) in [6, 6.07) is 13.3. The Labute approximate surface area is 172 Å². The first-order valence-electron chi connectivity index (χ1n) is 9.95. The van der Waals surface area contributed by atoms with Crippen LogP contribution < -0.4 is 14.4 Å². The Balaban J connectivity index is 1.76. The van der Waals surface area contributed by atoms with Gasteiger partial charge in [-0.3, -0.25) is 9.10 Å². The fourth-order valence-corrected chi connectivity index (χ4v) is 4.51. The van der Waals surface area contributed by atoms with Crippen LogP contribution in [0, 0.1) is 0 Å². The molecule has 6 nitrogen and oxygen atoms in total. The lowest BCUT2D eigenvalue weighted by Crippen LogP contribution is -2.39. The molecule has 1 aliphatic rings. The van der Waals surface area contributed by atoms with Crippen LogP contribution in [0.1, 0.15) is 37.0 Å². The third kappa shape index (κ3) is 4.90. The molecule has 2 aromatic rings. The fourth-order valence-electron chi connectivity index (χ4n) is 3.56. The highest BCUT2D eigenvalue weighted by Crippen LogP contribution is 2.33. The molecule has 0 aliphatic carbocycles. The number of hydrogen-bond donors (Lipinski definition) is 1. The van der Waals surface area contributed by atoms with Gasteiger partial charge in [-0.05, 0) is 41.7 Å². The summed E-state index contributed by atoms with van der Waals surface area (Å²) in [5, 5.41) is 2.97. The number of rotatable bonds is 6. The van der Waals surface area contributed by atoms with Crippen LogP contribution in [0.5, 0.6) is 5.75 Å². The second kappa shape index (κ2) is 8.86. The lowest BCUT2D eigenvalue weighted by Gasteiger charge is -2.20. The maximum Gasteiger partial charge on any atom is 0.261 e. The summed E-state index contributed by atoms with van der Waals surface area (Å²) in [6.07, 6.45) is 2.53. The van der Waals surface area contributed by atoms with Gasteiger partial charge in [-0.15, -0.1) is 0 Å². The first-order chi connectivity index (χ1) is 13.8. The largest absolute Gasteiger partial charge is 0.478 e. The van der Waals surface area contributed by atoms with Gasteiger partial charge in [-0.25, -0.2) is 8.42 Å². The molecule has 0 radical (unpaired) electrons. The summed E-state index contributed by atoms with van der Waals surface area (Å²) in [4.78, 5) is 12.8. The second-order valence-electron chi connectivity index (χ2n) is 7.23. The van der Waals surface area contributed by atoms with Crippen molar-refractivity contribution in [3.8, 4) is 5.75 Å². The van der Waals surface area contributed by atoms with Gasteiger partial charge in [0.25, 0.3) is 5.91 Å². The smallest absolute Gasteiger partial charge is 0.261 e. The number of hydrogen-bond acceptors (Lipinski definition) is 4. The molecule has 1 N–H and O–H groups in total. The third-order valence-corrected chi connectivity index (χ3v) is 6.38. The summed E-state index contributed by atoms with van der Waals surface area (Å²) in [5.41, 5.74) is 4.01. The van der Waals surface area contributed by atoms with E-state index in [0.29, 0.717) is 18.0 Å². The Bertz CT molecular complexity index is 988. The third-order valence-electron chi connectivity index (χ3n) is 5.20. The lowest BCUT2D eigenvalue weighted by atomic mass is 10.0. The molecule has 1 aliphatic heterocycles. The Morgan fingerprint density at radius 3 is 2.59 bits per heavy atom. The van der Waals surface area contributed by atoms with Gasteiger partial charge in [0.05, 0.1) is 11.9 Å². The number of aryl methyl sites for hydroxylation is 2. The molecular weight excluding hydrogens is 388 g/mol. The zero-order valence-corrected chi connectivity index (χ0v) is 18.0. The molecule has 156 valence electrons. The Morgan fingerprint density at radius 1 is 1.14 bits per heavy atom. The normalized spacial score (nSPS) is 16.5. The van der Waals surface area contributed by atoms with Crippen LogP contribution in [-0.2, 0) is 34.2 Å². The minimum Gasteiger partial charge on any atom is -0.478 e. The van der Waals surface area contributed by atoms with Crippen molar-refractivity contribution in [2.45, 2.75) is 45.8 Å². The van der Waals surface area contributed by atoms with Gasteiger partial charge in [0.2, 0.25) is 10.0 Å². The predicted molar refractivity (Wildman–Crippen MR) is 115 cm³/mol. The van der Waals surface area contributed by atoms with Crippen molar-refractivity contribution in [1.82, 2.24) is 5.32 Å². The van der Waals surface area contributed by atoms with E-state index in [1.165, 1.54) is 15.4 Å². The van der Waals surface area contributed by atoms with Gasteiger partial charge < -0.3 is 10.1 Å². The predicted octanol–water partition coefficient (Wildman–Crippen LogP) is 3.04. The van der Waals surface area contributed by atoms with E-state index in [9.17, 15) is 13.2 Å². The highest BCUT2D eigenvalue weighted by Gasteiger charge is 2.30. The molecule has 29 heavy (non-hydrogen) atoms. The van der Waals surface area contributed by atoms with E-state index < -0.39 is 16.1 Å². The summed E-state index contributed by atoms with van der Waals surface area (Å²) in [6.45, 7) is 4.82. The molecule has 0 fully saturated rings. The maximum atomic E-state index is 12.8. The first kappa shape index (κ1) is 21.2. The zero-order chi connectivity index (χ0) is 21.0. The molecule has 0 saturated heterocycles. The molecule has 1 unspecified atom stereocenters. The molecule has 1 atom stereocenters. The van der Waals surface area contributed by atoms with Gasteiger partial charge in [0.1, 0.15) is 5.75 Å². The summed E-state index contributed by atoms with van der Waals surface area (Å²) in [7, 11) is -3.46. The topological polar surface area (TPSA) is 75.7 Å². The van der Waals surface area contributed by atoms with E-state index in [4.69, 9.17) is 4.74 Å². The van der Waals surface area contributed by atoms with Crippen LogP contribution in [0.15, 0.2) is 42.5 Å². The van der Waals surface area contributed by atoms with Crippen molar-refractivity contribution >= 4 is 21.6 Å². The Kier molecular flexibility index (Phi) is 6.47. The number of anilines is 1. The molecular formula is C22H28N2O4S. The summed E-state index contributed by atoms with van der Waals surface area (Å²) in [5.74, 6) is 0.164. The van der Waals surface area contributed by atoms with Gasteiger partial charge >= 0.3 is 0 Å². The Hall–Kier alpha value is -2.54. The zero-order valence-electron chi connectivity index (χ0n) is 17.1. The molecule has 3 rings (SSSR count). The van der Waals surface area contributed by atoms with Gasteiger partial charge in [-0.1, -0.05) is 44.2 Å². The number of amides is 1. The van der Waals surface area contributed by atoms with Crippen LogP contribution in [0.3, 0.4) is 0 Å². The summed E-state index contributed by atoms with van der Waals surface area (Å²) >= 11 is 0. The average Bonchev–Trinajstić information content (AvgIpc) is 2.91. The number of nitrogens with zero attached hydrogens (tertiary/aromatic N) is 1. The second-order valence-corrected chi connectivity index (χ2v) is 9.13. The number of carbonyl (C=O) groups is 1. The monoisotopic (exact) mass is 416 g/mol. The lowest BCUT2D eigenvalue weighted by molar-refractivity contribution is -0.128. The molecule has 0 spiro atoms. The fraction of sp³-hybridized carbons (Fsp3) is 0.409. The highest BCUT2D eigenvalue weighted by atomic mass is 32.2. The van der Waals surface area contributed by atoms with Gasteiger partial charge in [0, 0.05) is 19.5 Å². The molecule has 2 aromatic carbocycles. The number of benzene rings is 2. The van der Waals surface area contributed by atoms with Gasteiger partial charge in [0.15, 0.2) is 6.10 Å². The van der Waals surface area contributed by atoms with Crippen LogP contribution in [0.25, 0.3) is 0 Å². The molecule has 0 bridgehead atoms. The SMILES string of the molecule is CCc1ccc(CC)c(CNC(=O)C2CCN(S(C)(=O)=O)c3ccccc3O2)c1. The number of fused-ring (bicyclic) bond motifs is 1. The molecule has 0 aromatic heterocycles. The Morgan fingerprint density at radius 2 is 1.90 bits per heavy atom. The van der Waals surface area contributed by atoms with Crippen LogP contribution >= 0.6 is 0 Å². The van der Waals surface area contributed by atoms with Crippen LogP contribution in [-0.4, -0.2) is 33.2 Å². The van der Waals surface area contributed by atoms with Crippen molar-refractivity contribution in [2.75, 3.05) is 17.1 Å². The first-order valence-corrected chi connectivity index (χ1v) is 11.8. The molecule has 1 heterocycles. The molecule has 0 saturated carbocycles. The number of para-hydroxylation sites is 2. The van der Waals surface area contributed by atoms with E-state index >= 15 is 0 Å². The van der Waals surface area contributed by atoms with Crippen molar-refractivity contribution in [2.24, 2.45) is 0 Å². The molecule has 7 heteroatoms. The van der Waals surface area contributed by atoms with Crippen LogP contribution in [0.4, 0.5) is 5.69 Å². The highest BCUT2D eigenvalue weighted by molar-refractivity contribution is 7.92. The van der Waals surface area contributed by atoms with Crippen molar-refractivity contribution < 1.29 is 17.9 Å². The standard InChI is InChI=1S/C22H28N2O4S/c1-4-16-10-11-17(5-2)18(14-16)15-23-22(25)21-12-13-24(29(3,26)27)19-8-6-7-9-20(19)28-21/h6-11,14,21H,4-5,12-13,15H2,1-3H3,(H,23,25). The number of sulfonamides is 1. The number of ether oxygens (including phenoxy) is 1. The maximum absolute atomic E-state index is 12.8. The average molecular weight is 417 g/mol. The van der Waals surface area contributed by atoms with E-state index in [0.717, 1.165) is 24.7 Å². The number of nitrogens with one attached hydrogen (secondary N) is 1. The van der Waals surface area contributed by atoms with Crippen molar-refractivity contribution in [1.29, 1.82) is 0 Å². The minimum atomic E-state index is -3.46. The van der Waals surface area contributed by atoms with Crippen LogP contribution in [0.2, 0.25) is 0 Å². The van der Waals surface area contributed by atoms with Crippen molar-refractivity contribution in [3.63, 3.8) is 0 Å². The van der Waals surface area contributed by atoms with E-state index in [1.54, 1.807) is 24.3 Å². The van der Waals surface area contributed by atoms with E-state index in [-0.39, 0.29) is 18.9 Å². The van der Waals surface area contributed by atoms with Crippen molar-refractivity contribution in [3.05, 3.63) is 59.2 Å². The quantitative estimate of drug-likeness (QED) is 0.785. The van der Waals surface area contributed by atoms with Gasteiger partial charge in [-0.2, -0.15) is 0 Å². The summed E-state index contributed by atoms with van der Waals surface area (Å²) < 4.78 is 31.6. The molecule has 1 amide bonds. The number of carbonyl (C=O) groups excluding carboxylic acids is 1. The minimum absolute atomic E-state index is 0.194. The van der Waals surface area contributed by atoms with E-state index in [2.05, 4.69) is 37.4 Å².